The van der Waals surface area contributed by atoms with Gasteiger partial charge in [0.1, 0.15) is 5.82 Å². The third-order valence-corrected chi connectivity index (χ3v) is 5.93. The third-order valence-electron chi connectivity index (χ3n) is 5.93. The van der Waals surface area contributed by atoms with Crippen molar-refractivity contribution >= 4 is 16.9 Å². The second-order valence-corrected chi connectivity index (χ2v) is 7.30. The molecule has 3 aromatic rings. The molecule has 1 N–H and O–H groups in total. The Balaban J connectivity index is 1.50. The number of rotatable bonds is 1. The molecule has 0 saturated carbocycles. The van der Waals surface area contributed by atoms with Gasteiger partial charge in [-0.05, 0) is 61.1 Å². The molecule has 5 rings (SSSR count). The van der Waals surface area contributed by atoms with Gasteiger partial charge in [-0.25, -0.2) is 9.37 Å². The van der Waals surface area contributed by atoms with Crippen molar-refractivity contribution in [2.75, 3.05) is 6.54 Å². The Hall–Kier alpha value is -2.69. The quantitative estimate of drug-likeness (QED) is 0.721. The second kappa shape index (κ2) is 5.94. The van der Waals surface area contributed by atoms with E-state index >= 15 is 0 Å². The minimum Gasteiger partial charge on any atom is -0.345 e. The van der Waals surface area contributed by atoms with E-state index in [-0.39, 0.29) is 23.7 Å². The van der Waals surface area contributed by atoms with Crippen molar-refractivity contribution in [1.29, 1.82) is 0 Å². The summed E-state index contributed by atoms with van der Waals surface area (Å²) in [6, 6.07) is 11.0. The molecule has 1 aromatic heterocycles. The maximum absolute atomic E-state index is 14.5. The van der Waals surface area contributed by atoms with Gasteiger partial charge in [0.15, 0.2) is 0 Å². The summed E-state index contributed by atoms with van der Waals surface area (Å²) in [6.45, 7) is 0.741. The molecule has 26 heavy (non-hydrogen) atoms. The Morgan fingerprint density at radius 2 is 2.15 bits per heavy atom. The number of carbonyl (C=O) groups is 1. The molecule has 4 nitrogen and oxygen atoms in total. The van der Waals surface area contributed by atoms with Gasteiger partial charge in [0.25, 0.3) is 5.91 Å². The van der Waals surface area contributed by atoms with Crippen LogP contribution in [-0.4, -0.2) is 33.4 Å². The number of nitrogens with zero attached hydrogens (tertiary/aromatic N) is 2. The minimum atomic E-state index is -0.120. The molecule has 1 aliphatic carbocycles. The first-order valence-corrected chi connectivity index (χ1v) is 9.24. The zero-order chi connectivity index (χ0) is 17.7. The molecule has 2 heterocycles. The number of aromatic amines is 1. The summed E-state index contributed by atoms with van der Waals surface area (Å²) < 4.78 is 14.5. The zero-order valence-corrected chi connectivity index (χ0v) is 14.4. The van der Waals surface area contributed by atoms with Crippen LogP contribution in [0.5, 0.6) is 0 Å². The van der Waals surface area contributed by atoms with Gasteiger partial charge in [0.2, 0.25) is 0 Å². The molecule has 1 amide bonds. The van der Waals surface area contributed by atoms with Crippen LogP contribution in [-0.2, 0) is 6.42 Å². The van der Waals surface area contributed by atoms with Gasteiger partial charge < -0.3 is 9.88 Å². The standard InChI is InChI=1S/C21H20FN3O/c22-16-5-1-3-13-7-9-19-15(20(13)16)4-2-10-25(19)21(26)14-6-8-17-18(11-14)24-12-23-17/h1,3,5-6,8,11-12,15,19H,2,4,7,9-10H2,(H,23,24)/t15-,19-/m0/s1. The average molecular weight is 349 g/mol. The van der Waals surface area contributed by atoms with Gasteiger partial charge in [0.05, 0.1) is 17.4 Å². The lowest BCUT2D eigenvalue weighted by Crippen LogP contribution is -2.49. The highest BCUT2D eigenvalue weighted by atomic mass is 19.1. The maximum atomic E-state index is 14.5. The second-order valence-electron chi connectivity index (χ2n) is 7.30. The Morgan fingerprint density at radius 1 is 1.23 bits per heavy atom. The van der Waals surface area contributed by atoms with Crippen molar-refractivity contribution in [3.63, 3.8) is 0 Å². The first kappa shape index (κ1) is 15.6. The number of fused-ring (bicyclic) bond motifs is 4. The van der Waals surface area contributed by atoms with Crippen LogP contribution in [0.4, 0.5) is 4.39 Å². The molecule has 5 heteroatoms. The number of amides is 1. The predicted molar refractivity (Wildman–Crippen MR) is 97.6 cm³/mol. The number of hydrogen-bond donors (Lipinski definition) is 1. The number of likely N-dealkylation sites (tertiary alicyclic amines) is 1. The first-order chi connectivity index (χ1) is 12.7. The van der Waals surface area contributed by atoms with E-state index < -0.39 is 0 Å². The van der Waals surface area contributed by atoms with Crippen LogP contribution in [0.15, 0.2) is 42.7 Å². The number of imidazole rings is 1. The molecular formula is C21H20FN3O. The fraction of sp³-hybridized carbons (Fsp3) is 0.333. The highest BCUT2D eigenvalue weighted by Gasteiger charge is 2.39. The van der Waals surface area contributed by atoms with Crippen molar-refractivity contribution < 1.29 is 9.18 Å². The van der Waals surface area contributed by atoms with E-state index in [1.807, 2.05) is 29.2 Å². The average Bonchev–Trinajstić information content (AvgIpc) is 3.14. The number of aryl methyl sites for hydroxylation is 1. The van der Waals surface area contributed by atoms with Gasteiger partial charge in [-0.2, -0.15) is 0 Å². The lowest BCUT2D eigenvalue weighted by Gasteiger charge is -2.45. The van der Waals surface area contributed by atoms with Gasteiger partial charge in [-0.1, -0.05) is 12.1 Å². The topological polar surface area (TPSA) is 49.0 Å². The van der Waals surface area contributed by atoms with E-state index in [2.05, 4.69) is 9.97 Å². The van der Waals surface area contributed by atoms with Crippen molar-refractivity contribution in [2.24, 2.45) is 0 Å². The Labute approximate surface area is 151 Å². The molecule has 2 aromatic carbocycles. The van der Waals surface area contributed by atoms with Gasteiger partial charge in [-0.15, -0.1) is 0 Å². The lowest BCUT2D eigenvalue weighted by molar-refractivity contribution is 0.0543. The predicted octanol–water partition coefficient (Wildman–Crippen LogP) is 4.04. The summed E-state index contributed by atoms with van der Waals surface area (Å²) in [6.07, 6.45) is 5.22. The highest BCUT2D eigenvalue weighted by Crippen LogP contribution is 2.42. The molecule has 0 spiro atoms. The summed E-state index contributed by atoms with van der Waals surface area (Å²) in [5.41, 5.74) is 4.34. The Morgan fingerprint density at radius 3 is 3.08 bits per heavy atom. The van der Waals surface area contributed by atoms with E-state index in [1.54, 1.807) is 18.5 Å². The third kappa shape index (κ3) is 2.34. The summed E-state index contributed by atoms with van der Waals surface area (Å²) in [7, 11) is 0. The number of hydrogen-bond acceptors (Lipinski definition) is 2. The Bertz CT molecular complexity index is 996. The number of piperidine rings is 1. The smallest absolute Gasteiger partial charge is 0.254 e. The lowest BCUT2D eigenvalue weighted by atomic mass is 9.74. The largest absolute Gasteiger partial charge is 0.345 e. The highest BCUT2D eigenvalue weighted by molar-refractivity contribution is 5.97. The number of H-pyrrole nitrogens is 1. The SMILES string of the molecule is O=C(c1ccc2nc[nH]c2c1)N1CCC[C@@H]2c3c(F)cccc3CC[C@@H]21. The molecule has 2 aliphatic rings. The normalized spacial score (nSPS) is 22.1. The van der Waals surface area contributed by atoms with Crippen LogP contribution >= 0.6 is 0 Å². The van der Waals surface area contributed by atoms with Gasteiger partial charge in [-0.3, -0.25) is 4.79 Å². The molecular weight excluding hydrogens is 329 g/mol. The maximum Gasteiger partial charge on any atom is 0.254 e. The molecule has 1 aliphatic heterocycles. The summed E-state index contributed by atoms with van der Waals surface area (Å²) in [5, 5.41) is 0. The molecule has 1 fully saturated rings. The Kier molecular flexibility index (Phi) is 3.55. The summed E-state index contributed by atoms with van der Waals surface area (Å²) >= 11 is 0. The van der Waals surface area contributed by atoms with Crippen molar-refractivity contribution in [2.45, 2.75) is 37.6 Å². The van der Waals surface area contributed by atoms with Crippen molar-refractivity contribution in [3.8, 4) is 0 Å². The van der Waals surface area contributed by atoms with E-state index in [0.29, 0.717) is 5.56 Å². The summed E-state index contributed by atoms with van der Waals surface area (Å²) in [5.74, 6) is 0.0231. The van der Waals surface area contributed by atoms with E-state index in [1.165, 1.54) is 0 Å². The monoisotopic (exact) mass is 349 g/mol. The minimum absolute atomic E-state index is 0.0380. The van der Waals surface area contributed by atoms with Crippen LogP contribution in [0.25, 0.3) is 11.0 Å². The molecule has 132 valence electrons. The van der Waals surface area contributed by atoms with Gasteiger partial charge >= 0.3 is 0 Å². The van der Waals surface area contributed by atoms with E-state index in [4.69, 9.17) is 0 Å². The molecule has 0 bridgehead atoms. The van der Waals surface area contributed by atoms with Crippen LogP contribution in [0.2, 0.25) is 0 Å². The zero-order valence-electron chi connectivity index (χ0n) is 14.4. The van der Waals surface area contributed by atoms with Crippen LogP contribution < -0.4 is 0 Å². The number of halogens is 1. The molecule has 0 radical (unpaired) electrons. The fourth-order valence-electron chi connectivity index (χ4n) is 4.76. The van der Waals surface area contributed by atoms with Crippen molar-refractivity contribution in [1.82, 2.24) is 14.9 Å². The first-order valence-electron chi connectivity index (χ1n) is 9.24. The number of benzene rings is 2. The summed E-state index contributed by atoms with van der Waals surface area (Å²) in [4.78, 5) is 22.5. The van der Waals surface area contributed by atoms with Gasteiger partial charge in [0, 0.05) is 24.1 Å². The van der Waals surface area contributed by atoms with E-state index in [0.717, 1.165) is 54.4 Å². The van der Waals surface area contributed by atoms with E-state index in [9.17, 15) is 9.18 Å². The van der Waals surface area contributed by atoms with Crippen LogP contribution in [0.3, 0.4) is 0 Å². The van der Waals surface area contributed by atoms with Crippen molar-refractivity contribution in [3.05, 3.63) is 65.2 Å². The number of nitrogens with one attached hydrogen (secondary N) is 1. The number of carbonyl (C=O) groups excluding carboxylic acids is 1. The molecule has 1 saturated heterocycles. The molecule has 0 unspecified atom stereocenters. The molecule has 2 atom stereocenters. The fourth-order valence-corrected chi connectivity index (χ4v) is 4.76. The number of aromatic nitrogens is 2. The van der Waals surface area contributed by atoms with Crippen LogP contribution in [0, 0.1) is 5.82 Å². The van der Waals surface area contributed by atoms with Crippen LogP contribution in [0.1, 0.15) is 46.7 Å².